The van der Waals surface area contributed by atoms with Gasteiger partial charge in [-0.25, -0.2) is 0 Å². The topological polar surface area (TPSA) is 42.6 Å². The Hall–Kier alpha value is -2.79. The molecule has 4 rings (SSSR count). The number of piperazine rings is 1. The average Bonchev–Trinajstić information content (AvgIpc) is 2.73. The largest absolute Gasteiger partial charge is 0.369 e. The molecule has 1 aromatic heterocycles. The van der Waals surface area contributed by atoms with Crippen LogP contribution in [0.1, 0.15) is 18.1 Å². The summed E-state index contributed by atoms with van der Waals surface area (Å²) in [5.41, 5.74) is 5.30. The SMILES string of the molecule is CCN(Cc1cc2cc(C)ccc2[nH]c1=O)c1ccc(N2CCN(C)CC2)cc1. The van der Waals surface area contributed by atoms with E-state index in [1.807, 2.05) is 18.2 Å². The highest BCUT2D eigenvalue weighted by Crippen LogP contribution is 2.23. The molecule has 1 aliphatic rings. The van der Waals surface area contributed by atoms with Crippen LogP contribution in [0.2, 0.25) is 0 Å². The van der Waals surface area contributed by atoms with Crippen molar-refractivity contribution in [1.82, 2.24) is 9.88 Å². The van der Waals surface area contributed by atoms with Crippen molar-refractivity contribution in [1.29, 1.82) is 0 Å². The van der Waals surface area contributed by atoms with E-state index in [0.29, 0.717) is 6.54 Å². The molecule has 0 atom stereocenters. The Morgan fingerprint density at radius 3 is 2.41 bits per heavy atom. The third kappa shape index (κ3) is 4.30. The number of aromatic nitrogens is 1. The Morgan fingerprint density at radius 2 is 1.72 bits per heavy atom. The number of anilines is 2. The van der Waals surface area contributed by atoms with Crippen molar-refractivity contribution in [3.05, 3.63) is 70.0 Å². The zero-order chi connectivity index (χ0) is 20.4. The summed E-state index contributed by atoms with van der Waals surface area (Å²) >= 11 is 0. The Morgan fingerprint density at radius 1 is 1.00 bits per heavy atom. The van der Waals surface area contributed by atoms with Crippen LogP contribution in [-0.4, -0.2) is 49.7 Å². The maximum absolute atomic E-state index is 12.6. The summed E-state index contributed by atoms with van der Waals surface area (Å²) in [6, 6.07) is 16.9. The predicted octanol–water partition coefficient (Wildman–Crippen LogP) is 3.61. The number of aromatic amines is 1. The average molecular weight is 391 g/mol. The molecule has 5 nitrogen and oxygen atoms in total. The summed E-state index contributed by atoms with van der Waals surface area (Å²) in [6.07, 6.45) is 0. The van der Waals surface area contributed by atoms with Crippen LogP contribution in [0.5, 0.6) is 0 Å². The van der Waals surface area contributed by atoms with Gasteiger partial charge >= 0.3 is 0 Å². The number of likely N-dealkylation sites (N-methyl/N-ethyl adjacent to an activating group) is 1. The first kappa shape index (κ1) is 19.5. The third-order valence-electron chi connectivity index (χ3n) is 5.90. The standard InChI is InChI=1S/C24H30N4O/c1-4-27(17-20-16-19-15-18(2)5-10-23(19)25-24(20)29)21-6-8-22(9-7-21)28-13-11-26(3)12-14-28/h5-10,15-16H,4,11-14,17H2,1-3H3,(H,25,29). The lowest BCUT2D eigenvalue weighted by atomic mass is 10.1. The third-order valence-corrected chi connectivity index (χ3v) is 5.90. The molecule has 1 N–H and O–H groups in total. The molecular formula is C24H30N4O. The van der Waals surface area contributed by atoms with Gasteiger partial charge < -0.3 is 19.7 Å². The van der Waals surface area contributed by atoms with Crippen LogP contribution in [0.4, 0.5) is 11.4 Å². The number of pyridine rings is 1. The van der Waals surface area contributed by atoms with E-state index in [9.17, 15) is 4.79 Å². The summed E-state index contributed by atoms with van der Waals surface area (Å²) in [5.74, 6) is 0. The summed E-state index contributed by atoms with van der Waals surface area (Å²) in [5, 5.41) is 1.08. The van der Waals surface area contributed by atoms with E-state index in [4.69, 9.17) is 0 Å². The Balaban J connectivity index is 1.54. The first-order valence-electron chi connectivity index (χ1n) is 10.4. The fourth-order valence-corrected chi connectivity index (χ4v) is 4.02. The van der Waals surface area contributed by atoms with Crippen LogP contribution in [0.15, 0.2) is 53.3 Å². The molecular weight excluding hydrogens is 360 g/mol. The number of nitrogens with zero attached hydrogens (tertiary/aromatic N) is 3. The van der Waals surface area contributed by atoms with E-state index < -0.39 is 0 Å². The number of fused-ring (bicyclic) bond motifs is 1. The minimum Gasteiger partial charge on any atom is -0.369 e. The molecule has 29 heavy (non-hydrogen) atoms. The number of hydrogen-bond acceptors (Lipinski definition) is 4. The van der Waals surface area contributed by atoms with E-state index >= 15 is 0 Å². The van der Waals surface area contributed by atoms with Crippen molar-refractivity contribution in [2.24, 2.45) is 0 Å². The second-order valence-corrected chi connectivity index (χ2v) is 8.04. The van der Waals surface area contributed by atoms with Crippen molar-refractivity contribution in [3.8, 4) is 0 Å². The molecule has 0 saturated carbocycles. The van der Waals surface area contributed by atoms with Gasteiger partial charge in [-0.15, -0.1) is 0 Å². The number of H-pyrrole nitrogens is 1. The van der Waals surface area contributed by atoms with Gasteiger partial charge in [0.2, 0.25) is 0 Å². The molecule has 0 aliphatic carbocycles. The maximum Gasteiger partial charge on any atom is 0.253 e. The first-order valence-corrected chi connectivity index (χ1v) is 10.4. The second-order valence-electron chi connectivity index (χ2n) is 8.04. The Bertz CT molecular complexity index is 1030. The van der Waals surface area contributed by atoms with Gasteiger partial charge in [0, 0.05) is 61.7 Å². The van der Waals surface area contributed by atoms with E-state index in [1.54, 1.807) is 0 Å². The van der Waals surface area contributed by atoms with Gasteiger partial charge in [-0.3, -0.25) is 4.79 Å². The van der Waals surface area contributed by atoms with Crippen molar-refractivity contribution in [2.45, 2.75) is 20.4 Å². The lowest BCUT2D eigenvalue weighted by Gasteiger charge is -2.34. The molecule has 1 saturated heterocycles. The molecule has 1 fully saturated rings. The molecule has 0 amide bonds. The summed E-state index contributed by atoms with van der Waals surface area (Å²) in [7, 11) is 2.18. The molecule has 152 valence electrons. The van der Waals surface area contributed by atoms with E-state index in [1.165, 1.54) is 11.3 Å². The Labute approximate surface area is 172 Å². The number of aryl methyl sites for hydroxylation is 1. The van der Waals surface area contributed by atoms with Gasteiger partial charge in [0.15, 0.2) is 0 Å². The van der Waals surface area contributed by atoms with Gasteiger partial charge in [-0.05, 0) is 68.7 Å². The van der Waals surface area contributed by atoms with Crippen LogP contribution >= 0.6 is 0 Å². The lowest BCUT2D eigenvalue weighted by molar-refractivity contribution is 0.313. The lowest BCUT2D eigenvalue weighted by Crippen LogP contribution is -2.44. The minimum absolute atomic E-state index is 0.00569. The first-order chi connectivity index (χ1) is 14.0. The molecule has 3 aromatic rings. The predicted molar refractivity (Wildman–Crippen MR) is 122 cm³/mol. The van der Waals surface area contributed by atoms with Crippen LogP contribution in [0.3, 0.4) is 0 Å². The molecule has 2 aromatic carbocycles. The number of hydrogen-bond donors (Lipinski definition) is 1. The summed E-state index contributed by atoms with van der Waals surface area (Å²) in [4.78, 5) is 22.7. The van der Waals surface area contributed by atoms with Crippen molar-refractivity contribution in [2.75, 3.05) is 49.6 Å². The van der Waals surface area contributed by atoms with Crippen molar-refractivity contribution in [3.63, 3.8) is 0 Å². The van der Waals surface area contributed by atoms with Crippen LogP contribution < -0.4 is 15.4 Å². The smallest absolute Gasteiger partial charge is 0.253 e. The molecule has 1 aliphatic heterocycles. The zero-order valence-corrected chi connectivity index (χ0v) is 17.6. The normalized spacial score (nSPS) is 15.1. The Kier molecular flexibility index (Phi) is 5.58. The number of benzene rings is 2. The summed E-state index contributed by atoms with van der Waals surface area (Å²) in [6.45, 7) is 10.00. The van der Waals surface area contributed by atoms with Gasteiger partial charge in [-0.2, -0.15) is 0 Å². The van der Waals surface area contributed by atoms with Gasteiger partial charge in [0.25, 0.3) is 5.56 Å². The van der Waals surface area contributed by atoms with Crippen LogP contribution in [0.25, 0.3) is 10.9 Å². The van der Waals surface area contributed by atoms with E-state index in [2.05, 4.69) is 70.9 Å². The maximum atomic E-state index is 12.6. The quantitative estimate of drug-likeness (QED) is 0.723. The van der Waals surface area contributed by atoms with Gasteiger partial charge in [-0.1, -0.05) is 11.6 Å². The number of rotatable bonds is 5. The van der Waals surface area contributed by atoms with Crippen LogP contribution in [-0.2, 0) is 6.54 Å². The zero-order valence-electron chi connectivity index (χ0n) is 17.6. The monoisotopic (exact) mass is 390 g/mol. The molecule has 0 spiro atoms. The molecule has 0 radical (unpaired) electrons. The van der Waals surface area contributed by atoms with E-state index in [-0.39, 0.29) is 5.56 Å². The van der Waals surface area contributed by atoms with Gasteiger partial charge in [0.05, 0.1) is 0 Å². The molecule has 2 heterocycles. The van der Waals surface area contributed by atoms with Crippen LogP contribution in [0, 0.1) is 6.92 Å². The van der Waals surface area contributed by atoms with Crippen molar-refractivity contribution < 1.29 is 0 Å². The second kappa shape index (κ2) is 8.29. The summed E-state index contributed by atoms with van der Waals surface area (Å²) < 4.78 is 0. The highest BCUT2D eigenvalue weighted by atomic mass is 16.1. The number of nitrogens with one attached hydrogen (secondary N) is 1. The molecule has 0 bridgehead atoms. The highest BCUT2D eigenvalue weighted by molar-refractivity contribution is 5.79. The minimum atomic E-state index is -0.00569. The van der Waals surface area contributed by atoms with Gasteiger partial charge in [0.1, 0.15) is 0 Å². The van der Waals surface area contributed by atoms with E-state index in [0.717, 1.165) is 54.9 Å². The highest BCUT2D eigenvalue weighted by Gasteiger charge is 2.15. The molecule has 0 unspecified atom stereocenters. The fourth-order valence-electron chi connectivity index (χ4n) is 4.02. The van der Waals surface area contributed by atoms with Crippen molar-refractivity contribution >= 4 is 22.3 Å². The fraction of sp³-hybridized carbons (Fsp3) is 0.375. The molecule has 5 heteroatoms.